The number of hydroxylamine groups is 1. The Bertz CT molecular complexity index is 707. The van der Waals surface area contributed by atoms with Gasteiger partial charge in [0.2, 0.25) is 5.91 Å². The lowest BCUT2D eigenvalue weighted by atomic mass is 9.71. The summed E-state index contributed by atoms with van der Waals surface area (Å²) in [5.74, 6) is 0.315. The Morgan fingerprint density at radius 1 is 1.10 bits per heavy atom. The highest BCUT2D eigenvalue weighted by atomic mass is 19.1. The first-order chi connectivity index (χ1) is 14.8. The maximum absolute atomic E-state index is 14.5. The average Bonchev–Trinajstić information content (AvgIpc) is 2.68. The smallest absolute Gasteiger partial charge is 0.251 e. The van der Waals surface area contributed by atoms with E-state index in [9.17, 15) is 14.0 Å². The molecule has 3 heterocycles. The van der Waals surface area contributed by atoms with E-state index in [4.69, 9.17) is 4.84 Å². The number of halogens is 1. The van der Waals surface area contributed by atoms with Gasteiger partial charge in [-0.3, -0.25) is 19.3 Å². The molecular weight excluding hydrogens is 399 g/mol. The summed E-state index contributed by atoms with van der Waals surface area (Å²) in [6.45, 7) is 7.70. The zero-order valence-electron chi connectivity index (χ0n) is 18.8. The maximum Gasteiger partial charge on any atom is 0.251 e. The van der Waals surface area contributed by atoms with Crippen LogP contribution in [-0.4, -0.2) is 78.2 Å². The van der Waals surface area contributed by atoms with Crippen LogP contribution in [0.25, 0.3) is 0 Å². The third-order valence-corrected chi connectivity index (χ3v) is 8.65. The second-order valence-electron chi connectivity index (χ2n) is 11.0. The number of alkyl halides is 1. The number of rotatable bonds is 3. The molecule has 0 aromatic rings. The van der Waals surface area contributed by atoms with E-state index in [0.29, 0.717) is 30.2 Å². The van der Waals surface area contributed by atoms with E-state index >= 15 is 0 Å². The molecule has 8 heteroatoms. The van der Waals surface area contributed by atoms with Crippen molar-refractivity contribution in [1.29, 1.82) is 0 Å². The molecule has 2 saturated carbocycles. The maximum atomic E-state index is 14.5. The molecule has 1 spiro atoms. The van der Waals surface area contributed by atoms with E-state index in [1.807, 2.05) is 4.90 Å². The average molecular weight is 437 g/mol. The number of amides is 2. The molecule has 0 aromatic carbocycles. The first-order valence-electron chi connectivity index (χ1n) is 12.2. The Hall–Kier alpha value is -1.25. The van der Waals surface area contributed by atoms with Gasteiger partial charge in [-0.1, -0.05) is 6.92 Å². The second-order valence-corrected chi connectivity index (χ2v) is 11.0. The van der Waals surface area contributed by atoms with Crippen LogP contribution in [0.3, 0.4) is 0 Å². The van der Waals surface area contributed by atoms with E-state index in [1.54, 1.807) is 6.92 Å². The summed E-state index contributed by atoms with van der Waals surface area (Å²) >= 11 is 0. The van der Waals surface area contributed by atoms with Gasteiger partial charge in [-0.25, -0.2) is 4.39 Å². The van der Waals surface area contributed by atoms with Crippen LogP contribution in [0.5, 0.6) is 0 Å². The van der Waals surface area contributed by atoms with E-state index < -0.39 is 12.3 Å². The number of carbonyl (C=O) groups is 2. The molecule has 7 unspecified atom stereocenters. The Balaban J connectivity index is 1.09. The predicted octanol–water partition coefficient (Wildman–Crippen LogP) is 1.62. The van der Waals surface area contributed by atoms with Crippen LogP contribution in [0.2, 0.25) is 0 Å². The van der Waals surface area contributed by atoms with Gasteiger partial charge in [-0.05, 0) is 50.9 Å². The van der Waals surface area contributed by atoms with Crippen LogP contribution in [0, 0.1) is 17.3 Å². The number of likely N-dealkylation sites (tertiary alicyclic amines) is 2. The Labute approximate surface area is 184 Å². The minimum atomic E-state index is -0.851. The van der Waals surface area contributed by atoms with Gasteiger partial charge in [0.05, 0.1) is 0 Å². The van der Waals surface area contributed by atoms with E-state index in [2.05, 4.69) is 22.6 Å². The van der Waals surface area contributed by atoms with Crippen molar-refractivity contribution in [3.63, 3.8) is 0 Å². The molecule has 2 amide bonds. The summed E-state index contributed by atoms with van der Waals surface area (Å²) in [5.41, 5.74) is 3.33. The molecule has 2 aliphatic carbocycles. The fraction of sp³-hybridized carbons (Fsp3) is 0.913. The highest BCUT2D eigenvalue weighted by Gasteiger charge is 2.54. The Morgan fingerprint density at radius 2 is 1.87 bits per heavy atom. The highest BCUT2D eigenvalue weighted by Crippen LogP contribution is 2.43. The van der Waals surface area contributed by atoms with Crippen LogP contribution < -0.4 is 10.8 Å². The molecule has 5 aliphatic rings. The van der Waals surface area contributed by atoms with Gasteiger partial charge >= 0.3 is 0 Å². The lowest BCUT2D eigenvalue weighted by Gasteiger charge is -2.62. The van der Waals surface area contributed by atoms with Gasteiger partial charge in [0.25, 0.3) is 5.91 Å². The second kappa shape index (κ2) is 8.27. The first kappa shape index (κ1) is 21.6. The molecule has 5 fully saturated rings. The van der Waals surface area contributed by atoms with Crippen molar-refractivity contribution >= 4 is 11.8 Å². The highest BCUT2D eigenvalue weighted by molar-refractivity contribution is 5.81. The third-order valence-electron chi connectivity index (χ3n) is 8.65. The molecule has 3 saturated heterocycles. The summed E-state index contributed by atoms with van der Waals surface area (Å²) in [5, 5.41) is 3.21. The van der Waals surface area contributed by atoms with Crippen LogP contribution >= 0.6 is 0 Å². The quantitative estimate of drug-likeness (QED) is 0.704. The SMILES string of the molecule is CC(=O)N1CC2(C1)CN(C1CCCC(NC(=O)C3CC4C(F)CCC(C)C4NO3)C1)C2. The molecule has 0 bridgehead atoms. The largest absolute Gasteiger partial charge is 0.351 e. The van der Waals surface area contributed by atoms with Crippen molar-refractivity contribution in [1.82, 2.24) is 20.6 Å². The number of hydrogen-bond acceptors (Lipinski definition) is 5. The van der Waals surface area contributed by atoms with Gasteiger partial charge in [0.15, 0.2) is 6.10 Å². The molecule has 2 N–H and O–H groups in total. The summed E-state index contributed by atoms with van der Waals surface area (Å²) in [7, 11) is 0. The standard InChI is InChI=1S/C23H37FN4O3/c1-14-6-7-19(24)18-9-20(31-26-21(14)18)22(30)25-16-4-3-5-17(8-16)28-12-23(13-28)10-27(11-23)15(2)29/h14,16-21,26H,3-13H2,1-2H3,(H,25,30). The first-order valence-corrected chi connectivity index (χ1v) is 12.2. The minimum Gasteiger partial charge on any atom is -0.351 e. The number of hydrogen-bond donors (Lipinski definition) is 2. The van der Waals surface area contributed by atoms with Gasteiger partial charge in [-0.2, -0.15) is 5.48 Å². The van der Waals surface area contributed by atoms with Crippen molar-refractivity contribution < 1.29 is 18.8 Å². The van der Waals surface area contributed by atoms with Gasteiger partial charge < -0.3 is 10.2 Å². The normalized spacial score (nSPS) is 42.3. The van der Waals surface area contributed by atoms with Crippen molar-refractivity contribution in [2.75, 3.05) is 26.2 Å². The summed E-state index contributed by atoms with van der Waals surface area (Å²) in [4.78, 5) is 34.5. The minimum absolute atomic E-state index is 0.0102. The van der Waals surface area contributed by atoms with Crippen molar-refractivity contribution in [3.8, 4) is 0 Å². The zero-order chi connectivity index (χ0) is 21.8. The molecule has 0 radical (unpaired) electrons. The Morgan fingerprint density at radius 3 is 2.61 bits per heavy atom. The van der Waals surface area contributed by atoms with E-state index in [-0.39, 0.29) is 29.8 Å². The summed E-state index contributed by atoms with van der Waals surface area (Å²) in [6, 6.07) is 0.668. The number of nitrogens with zero attached hydrogens (tertiary/aromatic N) is 2. The Kier molecular flexibility index (Phi) is 5.76. The molecule has 174 valence electrons. The van der Waals surface area contributed by atoms with Crippen LogP contribution in [0.15, 0.2) is 0 Å². The van der Waals surface area contributed by atoms with Crippen molar-refractivity contribution in [2.24, 2.45) is 17.3 Å². The van der Waals surface area contributed by atoms with Crippen LogP contribution in [0.1, 0.15) is 58.8 Å². The van der Waals surface area contributed by atoms with Gasteiger partial charge in [0.1, 0.15) is 6.17 Å². The fourth-order valence-electron chi connectivity index (χ4n) is 6.76. The third kappa shape index (κ3) is 4.11. The number of fused-ring (bicyclic) bond motifs is 1. The fourth-order valence-corrected chi connectivity index (χ4v) is 6.76. The zero-order valence-corrected chi connectivity index (χ0v) is 18.8. The summed E-state index contributed by atoms with van der Waals surface area (Å²) < 4.78 is 14.5. The lowest BCUT2D eigenvalue weighted by Crippen LogP contribution is -2.74. The molecule has 7 nitrogen and oxygen atoms in total. The van der Waals surface area contributed by atoms with Gasteiger partial charge in [-0.15, -0.1) is 0 Å². The van der Waals surface area contributed by atoms with Crippen molar-refractivity contribution in [3.05, 3.63) is 0 Å². The summed E-state index contributed by atoms with van der Waals surface area (Å²) in [6.07, 6.45) is 4.70. The monoisotopic (exact) mass is 436 g/mol. The topological polar surface area (TPSA) is 73.9 Å². The molecule has 3 aliphatic heterocycles. The van der Waals surface area contributed by atoms with Crippen LogP contribution in [-0.2, 0) is 14.4 Å². The molecule has 31 heavy (non-hydrogen) atoms. The van der Waals surface area contributed by atoms with Gasteiger partial charge in [0, 0.05) is 62.6 Å². The predicted molar refractivity (Wildman–Crippen MR) is 114 cm³/mol. The van der Waals surface area contributed by atoms with E-state index in [0.717, 1.165) is 51.9 Å². The molecule has 7 atom stereocenters. The molecular formula is C23H37FN4O3. The van der Waals surface area contributed by atoms with E-state index in [1.165, 1.54) is 6.42 Å². The number of carbonyl (C=O) groups excluding carboxylic acids is 2. The number of nitrogens with one attached hydrogen (secondary N) is 2. The molecule has 0 aromatic heterocycles. The molecule has 5 rings (SSSR count). The van der Waals surface area contributed by atoms with Crippen molar-refractivity contribution in [2.45, 2.75) is 89.2 Å². The van der Waals surface area contributed by atoms with Crippen LogP contribution in [0.4, 0.5) is 4.39 Å². The lowest BCUT2D eigenvalue weighted by molar-refractivity contribution is -0.166.